The Labute approximate surface area is 67.3 Å². The maximum atomic E-state index is 8.59. The zero-order valence-electron chi connectivity index (χ0n) is 3.88. The minimum Gasteiger partial charge on any atom is -0.598 e. The van der Waals surface area contributed by atoms with Crippen molar-refractivity contribution < 1.29 is 50.4 Å². The van der Waals surface area contributed by atoms with Gasteiger partial charge in [0.1, 0.15) is 0 Å². The molecule has 1 N–H and O–H groups in total. The van der Waals surface area contributed by atoms with Gasteiger partial charge in [-0.05, 0) is 4.57 Å². The third kappa shape index (κ3) is 702. The van der Waals surface area contributed by atoms with Crippen LogP contribution >= 0.6 is 16.5 Å². The Morgan fingerprint density at radius 2 is 1.11 bits per heavy atom. The SMILES string of the molecule is O=[P+]([O-])O.O=[P+]([O-])[O-].[Ti+3]. The van der Waals surface area contributed by atoms with E-state index in [2.05, 4.69) is 0 Å². The van der Waals surface area contributed by atoms with E-state index < -0.39 is 16.5 Å². The van der Waals surface area contributed by atoms with E-state index in [1.807, 2.05) is 0 Å². The van der Waals surface area contributed by atoms with E-state index in [0.717, 1.165) is 0 Å². The van der Waals surface area contributed by atoms with Gasteiger partial charge in [-0.2, -0.15) is 4.89 Å². The number of hydrogen-bond acceptors (Lipinski definition) is 5. The van der Waals surface area contributed by atoms with Gasteiger partial charge in [0, 0.05) is 0 Å². The summed E-state index contributed by atoms with van der Waals surface area (Å²) in [7, 11) is -6.49. The van der Waals surface area contributed by atoms with Gasteiger partial charge in [0.2, 0.25) is 0 Å². The maximum Gasteiger partial charge on any atom is 3.00 e. The molecule has 0 saturated carbocycles. The molecular weight excluding hydrogens is 206 g/mol. The van der Waals surface area contributed by atoms with Crippen molar-refractivity contribution in [1.82, 2.24) is 0 Å². The van der Waals surface area contributed by atoms with E-state index in [9.17, 15) is 0 Å². The van der Waals surface area contributed by atoms with Crippen molar-refractivity contribution in [3.8, 4) is 0 Å². The largest absolute Gasteiger partial charge is 3.00 e. The molecule has 9 heteroatoms. The molecule has 0 rings (SSSR count). The van der Waals surface area contributed by atoms with E-state index >= 15 is 0 Å². The minimum atomic E-state index is -3.37. The molecule has 0 aliphatic carbocycles. The van der Waals surface area contributed by atoms with E-state index in [1.54, 1.807) is 0 Å². The van der Waals surface area contributed by atoms with Crippen molar-refractivity contribution in [2.45, 2.75) is 0 Å². The monoisotopic (exact) mass is 207 g/mol. The molecule has 0 aromatic rings. The molecule has 49 valence electrons. The predicted molar refractivity (Wildman–Crippen MR) is 17.4 cm³/mol. The van der Waals surface area contributed by atoms with Crippen molar-refractivity contribution >= 4 is 16.5 Å². The summed E-state index contributed by atoms with van der Waals surface area (Å²) >= 11 is 0. The summed E-state index contributed by atoms with van der Waals surface area (Å²) < 4.78 is 17.1. The molecule has 0 spiro atoms. The molecule has 6 nitrogen and oxygen atoms in total. The molecule has 0 aliphatic rings. The normalized spacial score (nSPS) is 7.78. The second-order valence-electron chi connectivity index (χ2n) is 0.461. The van der Waals surface area contributed by atoms with E-state index in [4.69, 9.17) is 28.7 Å². The molecule has 1 atom stereocenters. The van der Waals surface area contributed by atoms with Crippen LogP contribution in [0.3, 0.4) is 0 Å². The van der Waals surface area contributed by atoms with Crippen molar-refractivity contribution in [2.24, 2.45) is 0 Å². The van der Waals surface area contributed by atoms with Gasteiger partial charge < -0.3 is 14.7 Å². The van der Waals surface area contributed by atoms with Crippen LogP contribution < -0.4 is 14.7 Å². The summed E-state index contributed by atoms with van der Waals surface area (Å²) in [5.41, 5.74) is 0. The van der Waals surface area contributed by atoms with Gasteiger partial charge >= 0.3 is 30.0 Å². The molecule has 0 saturated heterocycles. The van der Waals surface area contributed by atoms with Crippen LogP contribution in [-0.4, -0.2) is 4.89 Å². The Morgan fingerprint density at radius 3 is 1.11 bits per heavy atom. The fourth-order valence-corrected chi connectivity index (χ4v) is 0. The van der Waals surface area contributed by atoms with Crippen LogP contribution in [0.25, 0.3) is 0 Å². The maximum absolute atomic E-state index is 8.59. The first kappa shape index (κ1) is 16.4. The zero-order valence-corrected chi connectivity index (χ0v) is 7.23. The Balaban J connectivity index is -0.0000000720. The molecule has 0 bridgehead atoms. The Morgan fingerprint density at radius 1 is 1.11 bits per heavy atom. The van der Waals surface area contributed by atoms with Gasteiger partial charge in [0.15, 0.2) is 0 Å². The van der Waals surface area contributed by atoms with Crippen molar-refractivity contribution in [2.75, 3.05) is 0 Å². The van der Waals surface area contributed by atoms with Crippen LogP contribution in [0.5, 0.6) is 0 Å². The molecule has 1 unspecified atom stereocenters. The van der Waals surface area contributed by atoms with E-state index in [1.165, 1.54) is 0 Å². The average molecular weight is 207 g/mol. The van der Waals surface area contributed by atoms with Gasteiger partial charge in [0.25, 0.3) is 8.25 Å². The standard InChI is InChI=1S/2HO3P.Ti/c2*1-4(2)3;/h2*(H,1,2,3);/q;;+3/p-1. The quantitative estimate of drug-likeness (QED) is 0.341. The molecule has 0 heterocycles. The third-order valence-corrected chi connectivity index (χ3v) is 0. The van der Waals surface area contributed by atoms with Gasteiger partial charge in [-0.15, -0.1) is 0 Å². The first-order valence-electron chi connectivity index (χ1n) is 1.11. The fourth-order valence-electron chi connectivity index (χ4n) is 0. The summed E-state index contributed by atoms with van der Waals surface area (Å²) in [4.78, 5) is 32.6. The van der Waals surface area contributed by atoms with Gasteiger partial charge in [0.05, 0.1) is 0 Å². The molecule has 9 heavy (non-hydrogen) atoms. The minimum absolute atomic E-state index is 0. The third-order valence-electron chi connectivity index (χ3n) is 0. The molecule has 0 amide bonds. The summed E-state index contributed by atoms with van der Waals surface area (Å²) in [6.45, 7) is 0. The van der Waals surface area contributed by atoms with Crippen LogP contribution in [0, 0.1) is 0 Å². The number of rotatable bonds is 0. The van der Waals surface area contributed by atoms with Gasteiger partial charge in [-0.1, -0.05) is 4.57 Å². The van der Waals surface area contributed by atoms with Gasteiger partial charge in [-0.25, -0.2) is 0 Å². The molecule has 0 aromatic carbocycles. The molecule has 0 aliphatic heterocycles. The fraction of sp³-hybridized carbons (Fsp3) is 0. The van der Waals surface area contributed by atoms with Crippen LogP contribution in [0.1, 0.15) is 0 Å². The summed E-state index contributed by atoms with van der Waals surface area (Å²) in [6, 6.07) is 0. The Bertz CT molecular complexity index is 69.1. The zero-order chi connectivity index (χ0) is 7.15. The topological polar surface area (TPSA) is 124 Å². The summed E-state index contributed by atoms with van der Waals surface area (Å²) in [5.74, 6) is 0. The smallest absolute Gasteiger partial charge is 0.598 e. The molecule has 0 fully saturated rings. The summed E-state index contributed by atoms with van der Waals surface area (Å²) in [6.07, 6.45) is 0. The van der Waals surface area contributed by atoms with E-state index in [0.29, 0.717) is 0 Å². The summed E-state index contributed by atoms with van der Waals surface area (Å²) in [5, 5.41) is 0. The van der Waals surface area contributed by atoms with Crippen molar-refractivity contribution in [3.63, 3.8) is 0 Å². The molecular formula is HO6P2Ti+2. The first-order valence-corrected chi connectivity index (χ1v) is 3.34. The second-order valence-corrected chi connectivity index (χ2v) is 1.38. The molecule has 1 radical (unpaired) electrons. The Hall–Kier alpha value is 0.754. The number of hydrogen-bond donors (Lipinski definition) is 1. The predicted octanol–water partition coefficient (Wildman–Crippen LogP) is -2.64. The Kier molecular flexibility index (Phi) is 21.0. The second kappa shape index (κ2) is 11.5. The van der Waals surface area contributed by atoms with Crippen molar-refractivity contribution in [1.29, 1.82) is 0 Å². The van der Waals surface area contributed by atoms with Crippen molar-refractivity contribution in [3.05, 3.63) is 0 Å². The average Bonchev–Trinajstić information content (AvgIpc) is 1.25. The first-order chi connectivity index (χ1) is 3.46. The van der Waals surface area contributed by atoms with Crippen LogP contribution in [0.2, 0.25) is 0 Å². The van der Waals surface area contributed by atoms with Crippen LogP contribution in [-0.2, 0) is 30.8 Å². The molecule has 0 aromatic heterocycles. The van der Waals surface area contributed by atoms with Crippen LogP contribution in [0.15, 0.2) is 0 Å². The van der Waals surface area contributed by atoms with Crippen LogP contribution in [0.4, 0.5) is 0 Å². The van der Waals surface area contributed by atoms with E-state index in [-0.39, 0.29) is 21.7 Å². The van der Waals surface area contributed by atoms with Gasteiger partial charge in [-0.3, -0.25) is 0 Å².